The lowest BCUT2D eigenvalue weighted by atomic mass is 9.66. The van der Waals surface area contributed by atoms with Crippen molar-refractivity contribution < 1.29 is 19.4 Å². The van der Waals surface area contributed by atoms with Gasteiger partial charge in [-0.25, -0.2) is 4.79 Å². The Morgan fingerprint density at radius 3 is 2.08 bits per heavy atom. The van der Waals surface area contributed by atoms with Crippen molar-refractivity contribution in [1.82, 2.24) is 0 Å². The molecule has 3 aromatic rings. The molecule has 0 spiro atoms. The first-order chi connectivity index (χ1) is 19.1. The molecule has 40 heavy (non-hydrogen) atoms. The molecule has 1 aliphatic rings. The van der Waals surface area contributed by atoms with Crippen molar-refractivity contribution in [2.45, 2.75) is 44.1 Å². The minimum absolute atomic E-state index is 0.0628. The van der Waals surface area contributed by atoms with Crippen LogP contribution in [0.1, 0.15) is 60.2 Å². The molecule has 0 bridgehead atoms. The summed E-state index contributed by atoms with van der Waals surface area (Å²) < 4.78 is 5.41. The van der Waals surface area contributed by atoms with Gasteiger partial charge in [0, 0.05) is 17.6 Å². The number of carboxylic acid groups (broad SMARTS) is 1. The standard InChI is InChI=1S/C35H35NO4/c1-6-10-31(33(38)39)36-34(4)21-22-35(28-17-19-29(40-5)20-18-28,27-15-13-25(14-16-27)24(2)3)23-30(34)32(37)26-11-8-7-9-12-26/h6-9,11-24H,1,10H2,2-5H3,(H,38,39). The maximum atomic E-state index is 14.2. The number of rotatable bonds is 10. The van der Waals surface area contributed by atoms with E-state index < -0.39 is 16.9 Å². The van der Waals surface area contributed by atoms with Crippen LogP contribution in [0, 0.1) is 0 Å². The number of hydrogen-bond donors (Lipinski definition) is 1. The molecular weight excluding hydrogens is 498 g/mol. The smallest absolute Gasteiger partial charge is 0.350 e. The quantitative estimate of drug-likeness (QED) is 0.168. The minimum Gasteiger partial charge on any atom is -0.497 e. The number of carbonyl (C=O) groups excluding carboxylic acids is 1. The molecule has 2 atom stereocenters. The van der Waals surface area contributed by atoms with Gasteiger partial charge < -0.3 is 9.84 Å². The van der Waals surface area contributed by atoms with Crippen molar-refractivity contribution in [3.8, 4) is 5.75 Å². The van der Waals surface area contributed by atoms with Crippen LogP contribution < -0.4 is 4.74 Å². The second-order valence-electron chi connectivity index (χ2n) is 10.5. The third kappa shape index (κ3) is 5.59. The van der Waals surface area contributed by atoms with Crippen LogP contribution in [0.3, 0.4) is 0 Å². The summed E-state index contributed by atoms with van der Waals surface area (Å²) in [6.07, 6.45) is 7.41. The summed E-state index contributed by atoms with van der Waals surface area (Å²) in [4.78, 5) is 30.9. The van der Waals surface area contributed by atoms with Crippen LogP contribution in [-0.4, -0.2) is 35.2 Å². The fourth-order valence-corrected chi connectivity index (χ4v) is 5.08. The van der Waals surface area contributed by atoms with E-state index in [9.17, 15) is 14.7 Å². The molecule has 1 aliphatic carbocycles. The molecule has 1 N–H and O–H groups in total. The Morgan fingerprint density at radius 1 is 0.950 bits per heavy atom. The van der Waals surface area contributed by atoms with Gasteiger partial charge in [0.05, 0.1) is 12.5 Å². The normalized spacial score (nSPS) is 20.6. The number of hydrogen-bond acceptors (Lipinski definition) is 4. The first-order valence-corrected chi connectivity index (χ1v) is 13.3. The first-order valence-electron chi connectivity index (χ1n) is 13.3. The van der Waals surface area contributed by atoms with E-state index in [0.29, 0.717) is 17.1 Å². The molecule has 0 heterocycles. The molecule has 0 saturated carbocycles. The van der Waals surface area contributed by atoms with E-state index in [-0.39, 0.29) is 17.9 Å². The van der Waals surface area contributed by atoms with E-state index in [1.807, 2.05) is 60.7 Å². The summed E-state index contributed by atoms with van der Waals surface area (Å²) in [5.41, 5.74) is 1.95. The first kappa shape index (κ1) is 28.5. The Morgan fingerprint density at radius 2 is 1.55 bits per heavy atom. The summed E-state index contributed by atoms with van der Waals surface area (Å²) in [5, 5.41) is 9.85. The zero-order valence-electron chi connectivity index (χ0n) is 23.4. The van der Waals surface area contributed by atoms with Crippen molar-refractivity contribution in [3.05, 3.63) is 138 Å². The molecule has 204 valence electrons. The van der Waals surface area contributed by atoms with E-state index >= 15 is 0 Å². The molecular formula is C35H35NO4. The lowest BCUT2D eigenvalue weighted by Gasteiger charge is -2.38. The number of aliphatic carboxylic acids is 1. The number of Topliss-reactive ketones (excluding diaryl/α,β-unsaturated/α-hetero) is 1. The number of allylic oxidation sites excluding steroid dienone is 3. The Bertz CT molecular complexity index is 1480. The number of carbonyl (C=O) groups is 2. The summed E-state index contributed by atoms with van der Waals surface area (Å²) >= 11 is 0. The van der Waals surface area contributed by atoms with Crippen molar-refractivity contribution in [3.63, 3.8) is 0 Å². The zero-order valence-corrected chi connectivity index (χ0v) is 23.4. The lowest BCUT2D eigenvalue weighted by molar-refractivity contribution is -0.129. The van der Waals surface area contributed by atoms with Crippen LogP contribution in [-0.2, 0) is 10.2 Å². The Labute approximate surface area is 236 Å². The highest BCUT2D eigenvalue weighted by Crippen LogP contribution is 2.45. The zero-order chi connectivity index (χ0) is 28.9. The molecule has 0 fully saturated rings. The summed E-state index contributed by atoms with van der Waals surface area (Å²) in [5.74, 6) is -0.257. The van der Waals surface area contributed by atoms with Crippen molar-refractivity contribution >= 4 is 17.5 Å². The number of methoxy groups -OCH3 is 1. The van der Waals surface area contributed by atoms with Gasteiger partial charge in [0.1, 0.15) is 17.0 Å². The van der Waals surface area contributed by atoms with Crippen molar-refractivity contribution in [2.75, 3.05) is 7.11 Å². The predicted octanol–water partition coefficient (Wildman–Crippen LogP) is 7.34. The van der Waals surface area contributed by atoms with Crippen molar-refractivity contribution in [1.29, 1.82) is 0 Å². The summed E-state index contributed by atoms with van der Waals surface area (Å²) in [7, 11) is 1.62. The second kappa shape index (κ2) is 11.7. The largest absolute Gasteiger partial charge is 0.497 e. The topological polar surface area (TPSA) is 76.0 Å². The van der Waals surface area contributed by atoms with Crippen LogP contribution in [0.5, 0.6) is 5.75 Å². The number of benzene rings is 3. The number of nitrogens with zero attached hydrogens (tertiary/aromatic N) is 1. The Hall–Kier alpha value is -4.51. The van der Waals surface area contributed by atoms with Crippen LogP contribution in [0.25, 0.3) is 0 Å². The molecule has 0 aliphatic heterocycles. The highest BCUT2D eigenvalue weighted by Gasteiger charge is 2.42. The molecule has 0 radical (unpaired) electrons. The van der Waals surface area contributed by atoms with Crippen LogP contribution >= 0.6 is 0 Å². The third-order valence-corrected chi connectivity index (χ3v) is 7.44. The SMILES string of the molecule is C=CCC(=NC1(C)C=CC(c2ccc(OC)cc2)(c2ccc(C(C)C)cc2)C=C1C(=O)c1ccccc1)C(=O)O. The fourth-order valence-electron chi connectivity index (χ4n) is 5.08. The summed E-state index contributed by atoms with van der Waals surface area (Å²) in [6, 6.07) is 25.2. The number of aliphatic imine (C=N–C) groups is 1. The van der Waals surface area contributed by atoms with E-state index in [1.165, 1.54) is 11.6 Å². The van der Waals surface area contributed by atoms with Gasteiger partial charge in [-0.15, -0.1) is 6.58 Å². The van der Waals surface area contributed by atoms with E-state index in [1.54, 1.807) is 26.2 Å². The van der Waals surface area contributed by atoms with Crippen LogP contribution in [0.4, 0.5) is 0 Å². The average molecular weight is 534 g/mol. The number of carboxylic acids is 1. The highest BCUT2D eigenvalue weighted by atomic mass is 16.5. The Kier molecular flexibility index (Phi) is 8.34. The van der Waals surface area contributed by atoms with Crippen molar-refractivity contribution in [2.24, 2.45) is 4.99 Å². The average Bonchev–Trinajstić information content (AvgIpc) is 2.97. The second-order valence-corrected chi connectivity index (χ2v) is 10.5. The maximum Gasteiger partial charge on any atom is 0.350 e. The molecule has 3 aromatic carbocycles. The van der Waals surface area contributed by atoms with Gasteiger partial charge in [0.15, 0.2) is 5.78 Å². The monoisotopic (exact) mass is 533 g/mol. The van der Waals surface area contributed by atoms with Gasteiger partial charge in [-0.05, 0) is 41.7 Å². The molecule has 5 nitrogen and oxygen atoms in total. The molecule has 0 saturated heterocycles. The fraction of sp³-hybridized carbons (Fsp3) is 0.229. The molecule has 2 unspecified atom stereocenters. The third-order valence-electron chi connectivity index (χ3n) is 7.44. The van der Waals surface area contributed by atoms with E-state index in [0.717, 1.165) is 16.9 Å². The van der Waals surface area contributed by atoms with Gasteiger partial charge in [-0.3, -0.25) is 9.79 Å². The van der Waals surface area contributed by atoms with Crippen LogP contribution in [0.2, 0.25) is 0 Å². The van der Waals surface area contributed by atoms with Crippen LogP contribution in [0.15, 0.2) is 120 Å². The van der Waals surface area contributed by atoms with Gasteiger partial charge in [0.2, 0.25) is 0 Å². The molecule has 0 amide bonds. The molecule has 5 heteroatoms. The predicted molar refractivity (Wildman–Crippen MR) is 161 cm³/mol. The highest BCUT2D eigenvalue weighted by molar-refractivity contribution is 6.36. The summed E-state index contributed by atoms with van der Waals surface area (Å²) in [6.45, 7) is 9.76. The lowest BCUT2D eigenvalue weighted by Crippen LogP contribution is -2.38. The van der Waals surface area contributed by atoms with Gasteiger partial charge in [-0.2, -0.15) is 0 Å². The van der Waals surface area contributed by atoms with E-state index in [2.05, 4.69) is 49.7 Å². The molecule has 0 aromatic heterocycles. The maximum absolute atomic E-state index is 14.2. The number of ether oxygens (including phenoxy) is 1. The van der Waals surface area contributed by atoms with Gasteiger partial charge in [0.25, 0.3) is 0 Å². The number of ketones is 1. The van der Waals surface area contributed by atoms with Gasteiger partial charge >= 0.3 is 5.97 Å². The van der Waals surface area contributed by atoms with Gasteiger partial charge in [-0.1, -0.05) is 105 Å². The van der Waals surface area contributed by atoms with E-state index in [4.69, 9.17) is 4.74 Å². The minimum atomic E-state index is -1.21. The Balaban J connectivity index is 2.01. The molecule has 4 rings (SSSR count).